The number of aldehydes is 1. The molecule has 14 aromatic rings. The van der Waals surface area contributed by atoms with Gasteiger partial charge in [0.05, 0.1) is 68.2 Å². The predicted octanol–water partition coefficient (Wildman–Crippen LogP) is 28.4. The first kappa shape index (κ1) is 106. The zero-order valence-electron chi connectivity index (χ0n) is 75.5. The van der Waals surface area contributed by atoms with E-state index in [2.05, 4.69) is 177 Å². The van der Waals surface area contributed by atoms with Gasteiger partial charge in [-0.25, -0.2) is 26.7 Å². The number of carboxylic acid groups (broad SMARTS) is 1. The molecular formula is C111H110BBr3F5NO14. The molecule has 0 bridgehead atoms. The van der Waals surface area contributed by atoms with Gasteiger partial charge in [0.25, 0.3) is 0 Å². The van der Waals surface area contributed by atoms with Crippen LogP contribution in [0.1, 0.15) is 181 Å². The first-order valence-corrected chi connectivity index (χ1v) is 46.4. The molecule has 3 N–H and O–H groups in total. The number of para-hydroxylation sites is 3. The van der Waals surface area contributed by atoms with Crippen molar-refractivity contribution in [1.29, 1.82) is 5.26 Å². The van der Waals surface area contributed by atoms with Crippen LogP contribution in [0.15, 0.2) is 319 Å². The molecule has 6 saturated carbocycles. The molecule has 15 nitrogen and oxygen atoms in total. The highest BCUT2D eigenvalue weighted by molar-refractivity contribution is 9.11. The predicted molar refractivity (Wildman–Crippen MR) is 534 cm³/mol. The Bertz CT molecular complexity index is 6120. The SMILES string of the molecule is C.C=C.CC#N.CC1(c2ccccc2)CC1.CC1(c2ccccc2)CC1.CC1(c2ccccc2)CC1.CCOC(=O)/C=C/c1ccc(Br)c(F)c1.CCOC(=O)C1CC1c1ccc(-c2cc3ccccc3o2)c(F)c1.CCOC(=O)C1CC1c1ccc(Br)c(F)c1.O=C(O)C1CC1c1ccc(-c2cc3ccccc3o2)c(F)c1.O=Cc1ccc(Br)c(F)c1.OB(O)c1cc2ccccc2o1. The van der Waals surface area contributed by atoms with Crippen LogP contribution < -0.4 is 5.66 Å². The Morgan fingerprint density at radius 3 is 1.09 bits per heavy atom. The lowest BCUT2D eigenvalue weighted by molar-refractivity contribution is -0.145. The van der Waals surface area contributed by atoms with Gasteiger partial charge in [0.2, 0.25) is 0 Å². The number of ether oxygens (including phenoxy) is 3. The molecule has 3 heterocycles. The van der Waals surface area contributed by atoms with Gasteiger partial charge in [-0.05, 0) is 302 Å². The highest BCUT2D eigenvalue weighted by atomic mass is 79.9. The number of rotatable bonds is 18. The van der Waals surface area contributed by atoms with Crippen molar-refractivity contribution in [2.75, 3.05) is 19.8 Å². The third-order valence-corrected chi connectivity index (χ3v) is 25.2. The number of esters is 3. The van der Waals surface area contributed by atoms with Crippen molar-refractivity contribution in [3.8, 4) is 28.7 Å². The maximum absolute atomic E-state index is 14.6. The molecular weight excluding hydrogens is 1920 g/mol. The van der Waals surface area contributed by atoms with Crippen molar-refractivity contribution in [3.63, 3.8) is 0 Å². The summed E-state index contributed by atoms with van der Waals surface area (Å²) in [6.45, 7) is 20.8. The number of furan rings is 3. The zero-order valence-corrected chi connectivity index (χ0v) is 80.2. The number of hydrogen-bond acceptors (Lipinski definition) is 14. The highest BCUT2D eigenvalue weighted by Crippen LogP contribution is 2.53. The third kappa shape index (κ3) is 31.1. The molecule has 0 aliphatic heterocycles. The number of benzene rings is 11. The molecule has 6 unspecified atom stereocenters. The largest absolute Gasteiger partial charge is 0.526 e. The Hall–Kier alpha value is -12.4. The fraction of sp³-hybridized carbons (Fsp3) is 0.261. The number of nitriles is 1. The maximum atomic E-state index is 14.6. The van der Waals surface area contributed by atoms with Gasteiger partial charge in [-0.3, -0.25) is 19.2 Å². The molecule has 702 valence electrons. The second-order valence-corrected chi connectivity index (χ2v) is 35.8. The summed E-state index contributed by atoms with van der Waals surface area (Å²) in [4.78, 5) is 55.1. The minimum Gasteiger partial charge on any atom is -0.481 e. The monoisotopic (exact) mass is 2020 g/mol. The van der Waals surface area contributed by atoms with E-state index in [9.17, 15) is 45.9 Å². The number of carboxylic acids is 1. The fourth-order valence-corrected chi connectivity index (χ4v) is 15.3. The number of fused-ring (bicyclic) bond motifs is 3. The summed E-state index contributed by atoms with van der Waals surface area (Å²) < 4.78 is 100. The van der Waals surface area contributed by atoms with Crippen LogP contribution in [0.3, 0.4) is 0 Å². The van der Waals surface area contributed by atoms with E-state index in [1.54, 1.807) is 81.4 Å². The van der Waals surface area contributed by atoms with Gasteiger partial charge in [-0.15, -0.1) is 13.2 Å². The van der Waals surface area contributed by atoms with E-state index in [1.807, 2.05) is 91.0 Å². The number of carbonyl (C=O) groups is 5. The van der Waals surface area contributed by atoms with Crippen LogP contribution in [0.2, 0.25) is 0 Å². The second kappa shape index (κ2) is 50.8. The summed E-state index contributed by atoms with van der Waals surface area (Å²) in [5.41, 5.74) is 12.7. The first-order valence-electron chi connectivity index (χ1n) is 44.0. The van der Waals surface area contributed by atoms with E-state index in [4.69, 9.17) is 43.1 Å². The fourth-order valence-electron chi connectivity index (χ4n) is 14.5. The lowest BCUT2D eigenvalue weighted by Gasteiger charge is -2.06. The van der Waals surface area contributed by atoms with Crippen LogP contribution in [0.25, 0.3) is 61.6 Å². The summed E-state index contributed by atoms with van der Waals surface area (Å²) in [5.74, 6) is -2.87. The van der Waals surface area contributed by atoms with Gasteiger partial charge in [-0.1, -0.05) is 204 Å². The van der Waals surface area contributed by atoms with Gasteiger partial charge < -0.3 is 42.6 Å². The molecule has 0 spiro atoms. The Balaban J connectivity index is 0.000000172. The van der Waals surface area contributed by atoms with Crippen LogP contribution in [0.4, 0.5) is 22.0 Å². The summed E-state index contributed by atoms with van der Waals surface area (Å²) in [6.07, 6.45) is 13.7. The van der Waals surface area contributed by atoms with E-state index >= 15 is 0 Å². The van der Waals surface area contributed by atoms with Crippen LogP contribution >= 0.6 is 47.8 Å². The summed E-state index contributed by atoms with van der Waals surface area (Å²) >= 11 is 9.11. The van der Waals surface area contributed by atoms with Crippen molar-refractivity contribution in [2.24, 2.45) is 17.8 Å². The molecule has 135 heavy (non-hydrogen) atoms. The molecule has 0 amide bonds. The molecule has 6 fully saturated rings. The Morgan fingerprint density at radius 2 is 0.763 bits per heavy atom. The highest BCUT2D eigenvalue weighted by Gasteiger charge is 2.48. The van der Waals surface area contributed by atoms with Gasteiger partial charge in [-0.2, -0.15) is 5.26 Å². The number of aliphatic carboxylic acids is 1. The van der Waals surface area contributed by atoms with Crippen molar-refractivity contribution in [3.05, 3.63) is 379 Å². The second-order valence-electron chi connectivity index (χ2n) is 33.3. The summed E-state index contributed by atoms with van der Waals surface area (Å²) in [6, 6.07) is 85.6. The molecule has 11 aromatic carbocycles. The summed E-state index contributed by atoms with van der Waals surface area (Å²) in [5, 5.41) is 36.6. The molecule has 6 aliphatic rings. The number of hydrogen-bond donors (Lipinski definition) is 3. The van der Waals surface area contributed by atoms with Crippen LogP contribution in [0.5, 0.6) is 0 Å². The van der Waals surface area contributed by atoms with Gasteiger partial charge in [0.15, 0.2) is 0 Å². The minimum absolute atomic E-state index is 0. The lowest BCUT2D eigenvalue weighted by atomic mass is 9.88. The van der Waals surface area contributed by atoms with Crippen molar-refractivity contribution in [2.45, 2.75) is 148 Å². The molecule has 3 aromatic heterocycles. The van der Waals surface area contributed by atoms with Crippen molar-refractivity contribution >= 4 is 130 Å². The zero-order chi connectivity index (χ0) is 96.8. The molecule has 20 rings (SSSR count). The van der Waals surface area contributed by atoms with E-state index in [0.717, 1.165) is 51.3 Å². The Labute approximate surface area is 811 Å². The Morgan fingerprint density at radius 1 is 0.444 bits per heavy atom. The maximum Gasteiger partial charge on any atom is 0.526 e. The lowest BCUT2D eigenvalue weighted by Crippen LogP contribution is -2.27. The van der Waals surface area contributed by atoms with Crippen LogP contribution in [-0.2, 0) is 49.6 Å². The molecule has 6 atom stereocenters. The molecule has 0 radical (unpaired) electrons. The topological polar surface area (TPSA) is 237 Å². The molecule has 6 aliphatic carbocycles. The quantitative estimate of drug-likeness (QED) is 0.0138. The van der Waals surface area contributed by atoms with E-state index in [-0.39, 0.29) is 83.8 Å². The van der Waals surface area contributed by atoms with E-state index < -0.39 is 24.9 Å². The number of carbonyl (C=O) groups excluding carboxylic acids is 4. The van der Waals surface area contributed by atoms with Crippen molar-refractivity contribution < 1.29 is 88.5 Å². The van der Waals surface area contributed by atoms with Crippen LogP contribution in [-0.4, -0.2) is 72.3 Å². The Kier molecular flexibility index (Phi) is 40.0. The van der Waals surface area contributed by atoms with Crippen LogP contribution in [0, 0.1) is 58.2 Å². The molecule has 24 heteroatoms. The minimum atomic E-state index is -1.53. The standard InChI is InChI=1S/C20H17FO3.C18H13FO3.C12H12BrFO2.C11H10BrFO2.3C10H12.C8H7BO3.C7H4BrFO.C2H3N.C2H4.CH4/c1-2-23-20(22)16-11-15(16)12-7-8-14(17(21)9-12)19-10-13-5-3-4-6-18(13)24-19;19-15-7-10(13-9-14(13)18(20)21)5-6-12(15)17-8-11-3-1-2-4-16(11)22-17;1-2-16-12(15)9-6-8(9)7-3-4-10(13)11(14)5-7;1-2-15-11(14)6-4-8-3-5-9(12)10(13)7-8;3*1-10(7-8-10)9-5-3-2-4-6-9;10-9(11)8-5-6-3-1-2-4-7(6)12-8;8-6-2-1-5(4-10)3-7(6)9;1-2-3;1-2;/h3-10,15-16H,2,11H2,1H3;1-8,13-14H,9H2,(H,20,21);3-5,8-9H,2,6H2,1H3;3-7H,2H2,1H3;3*2-6H,7-8H2,1H3;1-5,10-11H;1-4H;1H3;1-2H2;1H4/b;;;6-4+;;;;;;;;. The first-order chi connectivity index (χ1) is 64.4. The summed E-state index contributed by atoms with van der Waals surface area (Å²) in [7, 11) is -1.53. The third-order valence-electron chi connectivity index (χ3n) is 23.3. The van der Waals surface area contributed by atoms with Crippen molar-refractivity contribution in [1.82, 2.24) is 0 Å². The molecule has 0 saturated heterocycles. The van der Waals surface area contributed by atoms with Gasteiger partial charge >= 0.3 is 31.0 Å². The number of nitrogens with zero attached hydrogens (tertiary/aromatic N) is 1. The smallest absolute Gasteiger partial charge is 0.481 e. The van der Waals surface area contributed by atoms with E-state index in [1.165, 1.54) is 111 Å². The average molecular weight is 2030 g/mol. The van der Waals surface area contributed by atoms with Gasteiger partial charge in [0, 0.05) is 34.7 Å². The number of halogens is 8. The normalized spacial score (nSPS) is 16.9. The van der Waals surface area contributed by atoms with E-state index in [0.29, 0.717) is 107 Å². The van der Waals surface area contributed by atoms with Gasteiger partial charge in [0.1, 0.15) is 69.3 Å². The average Bonchev–Trinajstić information content (AvgIpc) is 1.64.